The number of hydrogen-bond acceptors (Lipinski definition) is 1. The molecule has 0 saturated carbocycles. The molecule has 2 atom stereocenters. The average molecular weight is 585 g/mol. The van der Waals surface area contributed by atoms with Gasteiger partial charge in [-0.3, -0.25) is 0 Å². The second-order valence-electron chi connectivity index (χ2n) is 12.8. The summed E-state index contributed by atoms with van der Waals surface area (Å²) in [4.78, 5) is 2.65. The molecular weight excluding hydrogens is 556 g/mol. The minimum atomic E-state index is 0.159. The highest BCUT2D eigenvalue weighted by Gasteiger charge is 2.48. The fourth-order valence-electron chi connectivity index (χ4n) is 8.90. The summed E-state index contributed by atoms with van der Waals surface area (Å²) < 4.78 is 2.59. The Labute approximate surface area is 266 Å². The standard InChI is InChI=1S/C44H28N2/c1-3-15-29-27(11-1)13-9-19-31(29)33-23-25-39-43-41(33)35-17-5-7-21-37(35)45(43)40-26-24-34(32-20-10-14-28-12-2-4-16-30(28)32)42-36-18-6-8-22-38(36)46(39)44(40)42/h1-26,41,43H. The van der Waals surface area contributed by atoms with Crippen molar-refractivity contribution in [3.63, 3.8) is 0 Å². The number of para-hydroxylation sites is 2. The van der Waals surface area contributed by atoms with E-state index in [0.717, 1.165) is 0 Å². The first-order valence-corrected chi connectivity index (χ1v) is 16.2. The molecule has 1 aromatic heterocycles. The molecule has 46 heavy (non-hydrogen) atoms. The Bertz CT molecular complexity index is 2660. The molecule has 0 radical (unpaired) electrons. The molecule has 0 amide bonds. The average Bonchev–Trinajstić information content (AvgIpc) is 3.66. The van der Waals surface area contributed by atoms with Crippen molar-refractivity contribution in [1.82, 2.24) is 4.57 Å². The molecule has 8 aromatic rings. The number of anilines is 2. The lowest BCUT2D eigenvalue weighted by Gasteiger charge is -2.40. The minimum Gasteiger partial charge on any atom is -0.329 e. The lowest BCUT2D eigenvalue weighted by atomic mass is 9.77. The first kappa shape index (κ1) is 24.5. The van der Waals surface area contributed by atoms with Gasteiger partial charge in [-0.2, -0.15) is 0 Å². The van der Waals surface area contributed by atoms with E-state index in [0.29, 0.717) is 0 Å². The van der Waals surface area contributed by atoms with Crippen LogP contribution in [0.5, 0.6) is 0 Å². The molecule has 214 valence electrons. The molecule has 2 unspecified atom stereocenters. The van der Waals surface area contributed by atoms with Gasteiger partial charge in [0.1, 0.15) is 0 Å². The van der Waals surface area contributed by atoms with E-state index in [1.807, 2.05) is 0 Å². The van der Waals surface area contributed by atoms with Gasteiger partial charge in [0.05, 0.1) is 22.8 Å². The van der Waals surface area contributed by atoms with Gasteiger partial charge >= 0.3 is 0 Å². The summed E-state index contributed by atoms with van der Waals surface area (Å²) in [6.45, 7) is 0. The van der Waals surface area contributed by atoms with Crippen molar-refractivity contribution in [1.29, 1.82) is 0 Å². The topological polar surface area (TPSA) is 8.17 Å². The quantitative estimate of drug-likeness (QED) is 0.196. The number of hydrogen-bond donors (Lipinski definition) is 0. The summed E-state index contributed by atoms with van der Waals surface area (Å²) >= 11 is 0. The van der Waals surface area contributed by atoms with E-state index >= 15 is 0 Å². The number of rotatable bonds is 2. The highest BCUT2D eigenvalue weighted by atomic mass is 15.3. The van der Waals surface area contributed by atoms with Crippen molar-refractivity contribution in [3.8, 4) is 11.1 Å². The van der Waals surface area contributed by atoms with Crippen LogP contribution in [0.15, 0.2) is 158 Å². The van der Waals surface area contributed by atoms with Crippen LogP contribution in [0.25, 0.3) is 65.7 Å². The smallest absolute Gasteiger partial charge is 0.0857 e. The van der Waals surface area contributed by atoms with Gasteiger partial charge in [-0.25, -0.2) is 0 Å². The Morgan fingerprint density at radius 1 is 0.457 bits per heavy atom. The van der Waals surface area contributed by atoms with Crippen LogP contribution in [0.2, 0.25) is 0 Å². The van der Waals surface area contributed by atoms with Crippen LogP contribution in [0.1, 0.15) is 17.0 Å². The third-order valence-corrected chi connectivity index (χ3v) is 10.7. The Morgan fingerprint density at radius 3 is 1.93 bits per heavy atom. The largest absolute Gasteiger partial charge is 0.329 e. The van der Waals surface area contributed by atoms with E-state index in [2.05, 4.69) is 167 Å². The molecule has 3 aliphatic rings. The third kappa shape index (κ3) is 3.01. The highest BCUT2D eigenvalue weighted by molar-refractivity contribution is 6.23. The molecule has 0 bridgehead atoms. The minimum absolute atomic E-state index is 0.159. The van der Waals surface area contributed by atoms with Crippen molar-refractivity contribution >= 4 is 66.0 Å². The highest BCUT2D eigenvalue weighted by Crippen LogP contribution is 2.60. The monoisotopic (exact) mass is 584 g/mol. The molecule has 7 aromatic carbocycles. The van der Waals surface area contributed by atoms with Crippen molar-refractivity contribution in [2.45, 2.75) is 12.0 Å². The second-order valence-corrected chi connectivity index (χ2v) is 12.8. The Kier molecular flexibility index (Phi) is 4.71. The molecule has 3 heterocycles. The maximum atomic E-state index is 2.65. The van der Waals surface area contributed by atoms with E-state index in [4.69, 9.17) is 0 Å². The predicted octanol–water partition coefficient (Wildman–Crippen LogP) is 11.3. The van der Waals surface area contributed by atoms with E-state index in [1.165, 1.54) is 88.2 Å². The zero-order chi connectivity index (χ0) is 29.9. The van der Waals surface area contributed by atoms with Gasteiger partial charge in [-0.15, -0.1) is 0 Å². The maximum absolute atomic E-state index is 2.65. The van der Waals surface area contributed by atoms with Crippen LogP contribution in [0.4, 0.5) is 11.4 Å². The van der Waals surface area contributed by atoms with Gasteiger partial charge in [-0.1, -0.05) is 133 Å². The van der Waals surface area contributed by atoms with Gasteiger partial charge < -0.3 is 9.47 Å². The van der Waals surface area contributed by atoms with Crippen molar-refractivity contribution in [3.05, 3.63) is 169 Å². The van der Waals surface area contributed by atoms with Crippen molar-refractivity contribution in [2.24, 2.45) is 0 Å². The van der Waals surface area contributed by atoms with Gasteiger partial charge in [0.25, 0.3) is 0 Å². The molecule has 2 heteroatoms. The van der Waals surface area contributed by atoms with E-state index < -0.39 is 0 Å². The summed E-state index contributed by atoms with van der Waals surface area (Å²) in [6, 6.07) is 54.1. The number of fused-ring (bicyclic) bond motifs is 10. The van der Waals surface area contributed by atoms with Crippen LogP contribution in [0, 0.1) is 0 Å². The van der Waals surface area contributed by atoms with E-state index in [-0.39, 0.29) is 12.0 Å². The van der Waals surface area contributed by atoms with Gasteiger partial charge in [0.15, 0.2) is 0 Å². The van der Waals surface area contributed by atoms with Gasteiger partial charge in [0.2, 0.25) is 0 Å². The summed E-state index contributed by atoms with van der Waals surface area (Å²) in [5.41, 5.74) is 13.2. The zero-order valence-corrected chi connectivity index (χ0v) is 25.1. The molecule has 0 fully saturated rings. The fourth-order valence-corrected chi connectivity index (χ4v) is 8.90. The lowest BCUT2D eigenvalue weighted by Crippen LogP contribution is -2.38. The summed E-state index contributed by atoms with van der Waals surface area (Å²) in [6.07, 6.45) is 4.83. The number of benzene rings is 7. The molecule has 1 aliphatic carbocycles. The number of nitrogens with zero attached hydrogens (tertiary/aromatic N) is 2. The van der Waals surface area contributed by atoms with E-state index in [1.54, 1.807) is 0 Å². The third-order valence-electron chi connectivity index (χ3n) is 10.7. The molecule has 0 saturated heterocycles. The van der Waals surface area contributed by atoms with Crippen molar-refractivity contribution < 1.29 is 0 Å². The van der Waals surface area contributed by atoms with Crippen LogP contribution < -0.4 is 4.90 Å². The lowest BCUT2D eigenvalue weighted by molar-refractivity contribution is 0.737. The molecule has 2 nitrogen and oxygen atoms in total. The first-order valence-electron chi connectivity index (χ1n) is 16.2. The molecular formula is C44H28N2. The van der Waals surface area contributed by atoms with Crippen LogP contribution in [-0.2, 0) is 0 Å². The normalized spacial score (nSPS) is 17.8. The maximum Gasteiger partial charge on any atom is 0.0857 e. The summed E-state index contributed by atoms with van der Waals surface area (Å²) in [5.74, 6) is 0.212. The molecule has 0 spiro atoms. The Balaban J connectivity index is 1.26. The second kappa shape index (κ2) is 8.87. The predicted molar refractivity (Wildman–Crippen MR) is 194 cm³/mol. The van der Waals surface area contributed by atoms with Gasteiger partial charge in [0, 0.05) is 28.1 Å². The number of allylic oxidation sites excluding steroid dienone is 2. The molecule has 11 rings (SSSR count). The first-order chi connectivity index (χ1) is 22.9. The summed E-state index contributed by atoms with van der Waals surface area (Å²) in [7, 11) is 0. The Morgan fingerprint density at radius 2 is 1.11 bits per heavy atom. The van der Waals surface area contributed by atoms with Crippen LogP contribution in [-0.4, -0.2) is 10.6 Å². The Hall–Kier alpha value is -5.86. The van der Waals surface area contributed by atoms with Crippen LogP contribution in [0.3, 0.4) is 0 Å². The SMILES string of the molecule is C1=C(c2cccc3ccccc23)C2c3ccccc3N3c4ccc(-c5cccc6ccccc56)c5c6ccccc6n(c45)C(=C1)C23. The van der Waals surface area contributed by atoms with E-state index in [9.17, 15) is 0 Å². The summed E-state index contributed by atoms with van der Waals surface area (Å²) in [5, 5.41) is 7.79. The fraction of sp³-hybridized carbons (Fsp3) is 0.0455. The number of aromatic nitrogens is 1. The van der Waals surface area contributed by atoms with Gasteiger partial charge in [-0.05, 0) is 73.6 Å². The van der Waals surface area contributed by atoms with Crippen LogP contribution >= 0.6 is 0 Å². The molecule has 2 aliphatic heterocycles. The zero-order valence-electron chi connectivity index (χ0n) is 25.1. The molecule has 0 N–H and O–H groups in total. The van der Waals surface area contributed by atoms with Crippen molar-refractivity contribution in [2.75, 3.05) is 4.90 Å².